The minimum atomic E-state index is -0.174. The maximum Gasteiger partial charge on any atom is 0.315 e. The molecule has 0 radical (unpaired) electrons. The molecule has 0 aliphatic carbocycles. The van der Waals surface area contributed by atoms with Crippen LogP contribution in [0.1, 0.15) is 47.0 Å². The standard InChI is InChI=1S/C16H33N3O2/c1-12(2)8-15(11-20)18-16(21)17-14(4)10-19-7-5-6-13(3)9-19/h12-15,20H,5-11H2,1-4H3,(H2,17,18,21). The van der Waals surface area contributed by atoms with Crippen LogP contribution < -0.4 is 10.6 Å². The Hall–Kier alpha value is -0.810. The molecule has 0 saturated carbocycles. The zero-order chi connectivity index (χ0) is 15.8. The zero-order valence-electron chi connectivity index (χ0n) is 14.1. The molecule has 0 bridgehead atoms. The van der Waals surface area contributed by atoms with E-state index in [9.17, 15) is 9.90 Å². The lowest BCUT2D eigenvalue weighted by molar-refractivity contribution is 0.167. The first-order valence-corrected chi connectivity index (χ1v) is 8.31. The van der Waals surface area contributed by atoms with Crippen molar-refractivity contribution in [3.63, 3.8) is 0 Å². The van der Waals surface area contributed by atoms with Crippen LogP contribution in [0.4, 0.5) is 4.79 Å². The van der Waals surface area contributed by atoms with E-state index in [4.69, 9.17) is 0 Å². The molecule has 1 aliphatic rings. The Morgan fingerprint density at radius 2 is 2.05 bits per heavy atom. The number of nitrogens with one attached hydrogen (secondary N) is 2. The number of likely N-dealkylation sites (tertiary alicyclic amines) is 1. The van der Waals surface area contributed by atoms with Crippen LogP contribution in [-0.2, 0) is 0 Å². The Kier molecular flexibility index (Phi) is 8.04. The number of hydrogen-bond acceptors (Lipinski definition) is 3. The lowest BCUT2D eigenvalue weighted by Gasteiger charge is -2.33. The van der Waals surface area contributed by atoms with Crippen LogP contribution in [0.25, 0.3) is 0 Å². The highest BCUT2D eigenvalue weighted by molar-refractivity contribution is 5.74. The molecule has 5 heteroatoms. The zero-order valence-corrected chi connectivity index (χ0v) is 14.1. The molecule has 0 spiro atoms. The van der Waals surface area contributed by atoms with Gasteiger partial charge in [-0.05, 0) is 44.6 Å². The Bertz CT molecular complexity index is 310. The van der Waals surface area contributed by atoms with Crippen molar-refractivity contribution in [2.24, 2.45) is 11.8 Å². The highest BCUT2D eigenvalue weighted by Gasteiger charge is 2.19. The smallest absolute Gasteiger partial charge is 0.315 e. The van der Waals surface area contributed by atoms with Crippen molar-refractivity contribution in [1.29, 1.82) is 0 Å². The van der Waals surface area contributed by atoms with E-state index in [1.54, 1.807) is 0 Å². The van der Waals surface area contributed by atoms with E-state index in [1.807, 2.05) is 6.92 Å². The molecule has 1 rings (SSSR count). The third-order valence-corrected chi connectivity index (χ3v) is 3.96. The largest absolute Gasteiger partial charge is 0.394 e. The molecule has 3 unspecified atom stereocenters. The molecule has 1 heterocycles. The molecule has 0 aromatic rings. The number of rotatable bonds is 7. The summed E-state index contributed by atoms with van der Waals surface area (Å²) in [5, 5.41) is 15.1. The van der Waals surface area contributed by atoms with Crippen LogP contribution in [0.2, 0.25) is 0 Å². The highest BCUT2D eigenvalue weighted by atomic mass is 16.3. The van der Waals surface area contributed by atoms with E-state index in [0.29, 0.717) is 5.92 Å². The van der Waals surface area contributed by atoms with Gasteiger partial charge in [0.2, 0.25) is 0 Å². The minimum Gasteiger partial charge on any atom is -0.394 e. The van der Waals surface area contributed by atoms with E-state index in [-0.39, 0.29) is 24.7 Å². The second-order valence-corrected chi connectivity index (χ2v) is 7.03. The van der Waals surface area contributed by atoms with Gasteiger partial charge in [-0.3, -0.25) is 0 Å². The minimum absolute atomic E-state index is 0.0103. The van der Waals surface area contributed by atoms with Gasteiger partial charge in [0.1, 0.15) is 0 Å². The molecule has 124 valence electrons. The van der Waals surface area contributed by atoms with Gasteiger partial charge >= 0.3 is 6.03 Å². The van der Waals surface area contributed by atoms with Crippen LogP contribution in [0.5, 0.6) is 0 Å². The number of piperidine rings is 1. The maximum absolute atomic E-state index is 12.0. The van der Waals surface area contributed by atoms with Gasteiger partial charge < -0.3 is 20.6 Å². The van der Waals surface area contributed by atoms with Crippen LogP contribution >= 0.6 is 0 Å². The fraction of sp³-hybridized carbons (Fsp3) is 0.938. The lowest BCUT2D eigenvalue weighted by atomic mass is 10.00. The molecule has 1 saturated heterocycles. The predicted octanol–water partition coefficient (Wildman–Crippen LogP) is 1.81. The van der Waals surface area contributed by atoms with Gasteiger partial charge in [0.05, 0.1) is 12.6 Å². The van der Waals surface area contributed by atoms with Crippen molar-refractivity contribution in [3.05, 3.63) is 0 Å². The first-order valence-electron chi connectivity index (χ1n) is 8.31. The summed E-state index contributed by atoms with van der Waals surface area (Å²) < 4.78 is 0. The van der Waals surface area contributed by atoms with Gasteiger partial charge in [-0.1, -0.05) is 20.8 Å². The lowest BCUT2D eigenvalue weighted by Crippen LogP contribution is -2.50. The van der Waals surface area contributed by atoms with Crippen LogP contribution in [0, 0.1) is 11.8 Å². The average molecular weight is 299 g/mol. The number of aliphatic hydroxyl groups excluding tert-OH is 1. The van der Waals surface area contributed by atoms with Crippen molar-refractivity contribution >= 4 is 6.03 Å². The number of carbonyl (C=O) groups excluding carboxylic acids is 1. The summed E-state index contributed by atoms with van der Waals surface area (Å²) >= 11 is 0. The fourth-order valence-electron chi connectivity index (χ4n) is 3.08. The molecule has 1 fully saturated rings. The van der Waals surface area contributed by atoms with Crippen molar-refractivity contribution in [3.8, 4) is 0 Å². The van der Waals surface area contributed by atoms with Gasteiger partial charge in [0, 0.05) is 19.1 Å². The molecule has 1 aliphatic heterocycles. The quantitative estimate of drug-likeness (QED) is 0.672. The number of amides is 2. The summed E-state index contributed by atoms with van der Waals surface area (Å²) in [6, 6.07) is -0.215. The Morgan fingerprint density at radius 1 is 1.33 bits per heavy atom. The summed E-state index contributed by atoms with van der Waals surface area (Å²) in [6.07, 6.45) is 3.36. The molecule has 3 N–H and O–H groups in total. The van der Waals surface area contributed by atoms with E-state index in [2.05, 4.69) is 36.3 Å². The Labute approximate surface area is 129 Å². The van der Waals surface area contributed by atoms with E-state index >= 15 is 0 Å². The van der Waals surface area contributed by atoms with Crippen LogP contribution in [-0.4, -0.2) is 54.4 Å². The second-order valence-electron chi connectivity index (χ2n) is 7.03. The second kappa shape index (κ2) is 9.26. The van der Waals surface area contributed by atoms with Gasteiger partial charge in [0.15, 0.2) is 0 Å². The van der Waals surface area contributed by atoms with E-state index < -0.39 is 0 Å². The molecule has 3 atom stereocenters. The molecule has 2 amide bonds. The molecular weight excluding hydrogens is 266 g/mol. The number of nitrogens with zero attached hydrogens (tertiary/aromatic N) is 1. The predicted molar refractivity (Wildman–Crippen MR) is 86.3 cm³/mol. The number of hydrogen-bond donors (Lipinski definition) is 3. The SMILES string of the molecule is CC(C)CC(CO)NC(=O)NC(C)CN1CCCC(C)C1. The summed E-state index contributed by atoms with van der Waals surface area (Å²) in [7, 11) is 0. The summed E-state index contributed by atoms with van der Waals surface area (Å²) in [4.78, 5) is 14.4. The first kappa shape index (κ1) is 18.2. The van der Waals surface area contributed by atoms with Gasteiger partial charge in [-0.25, -0.2) is 4.79 Å². The number of carbonyl (C=O) groups is 1. The van der Waals surface area contributed by atoms with Crippen molar-refractivity contribution in [2.45, 2.75) is 59.0 Å². The van der Waals surface area contributed by atoms with Crippen molar-refractivity contribution in [2.75, 3.05) is 26.2 Å². The molecular formula is C16H33N3O2. The normalized spacial score (nSPS) is 22.9. The maximum atomic E-state index is 12.0. The Morgan fingerprint density at radius 3 is 2.62 bits per heavy atom. The van der Waals surface area contributed by atoms with Gasteiger partial charge in [-0.15, -0.1) is 0 Å². The van der Waals surface area contributed by atoms with Gasteiger partial charge in [-0.2, -0.15) is 0 Å². The van der Waals surface area contributed by atoms with Gasteiger partial charge in [0.25, 0.3) is 0 Å². The Balaban J connectivity index is 2.29. The highest BCUT2D eigenvalue weighted by Crippen LogP contribution is 2.15. The number of aliphatic hydroxyl groups is 1. The summed E-state index contributed by atoms with van der Waals surface area (Å²) in [5.74, 6) is 1.21. The van der Waals surface area contributed by atoms with Crippen molar-refractivity contribution in [1.82, 2.24) is 15.5 Å². The molecule has 0 aromatic carbocycles. The van der Waals surface area contributed by atoms with E-state index in [0.717, 1.165) is 32.0 Å². The van der Waals surface area contributed by atoms with Crippen molar-refractivity contribution < 1.29 is 9.90 Å². The molecule has 21 heavy (non-hydrogen) atoms. The molecule has 0 aromatic heterocycles. The average Bonchev–Trinajstić information content (AvgIpc) is 2.36. The number of urea groups is 1. The fourth-order valence-corrected chi connectivity index (χ4v) is 3.08. The van der Waals surface area contributed by atoms with Crippen LogP contribution in [0.15, 0.2) is 0 Å². The summed E-state index contributed by atoms with van der Waals surface area (Å²) in [5.41, 5.74) is 0. The summed E-state index contributed by atoms with van der Waals surface area (Å²) in [6.45, 7) is 11.6. The monoisotopic (exact) mass is 299 g/mol. The van der Waals surface area contributed by atoms with Crippen LogP contribution in [0.3, 0.4) is 0 Å². The third-order valence-electron chi connectivity index (χ3n) is 3.96. The third kappa shape index (κ3) is 7.67. The molecule has 5 nitrogen and oxygen atoms in total. The van der Waals surface area contributed by atoms with E-state index in [1.165, 1.54) is 12.8 Å². The topological polar surface area (TPSA) is 64.6 Å². The first-order chi connectivity index (χ1) is 9.90.